The maximum atomic E-state index is 13.3. The molecule has 1 aromatic heterocycles. The predicted octanol–water partition coefficient (Wildman–Crippen LogP) is 7.84. The molecule has 3 N–H and O–H groups in total. The van der Waals surface area contributed by atoms with Gasteiger partial charge in [-0.3, -0.25) is 15.4 Å². The normalized spacial score (nSPS) is 15.7. The van der Waals surface area contributed by atoms with Crippen LogP contribution in [0.3, 0.4) is 0 Å². The molecule has 0 saturated carbocycles. The van der Waals surface area contributed by atoms with Crippen LogP contribution in [-0.2, 0) is 18.9 Å². The molecule has 17 nitrogen and oxygen atoms in total. The SMILES string of the molecule is CC(C)(C)OC(=O)N=C(NC(=O)OC(C)(C)C)N1CC=C(c2ccc(NC(=O)c3cc(N4CCN(C(=NC(=O)OC(C)(C)C)NC(=O)OC(C)(C)C)CC4)cs3)cc2)CC1. The Morgan fingerprint density at radius 2 is 1.12 bits per heavy atom. The topological polar surface area (TPSA) is 193 Å². The Hall–Kier alpha value is -5.65. The summed E-state index contributed by atoms with van der Waals surface area (Å²) in [7, 11) is 0. The maximum Gasteiger partial charge on any atom is 0.437 e. The quantitative estimate of drug-likeness (QED) is 0.154. The van der Waals surface area contributed by atoms with Crippen LogP contribution >= 0.6 is 11.3 Å². The highest BCUT2D eigenvalue weighted by Crippen LogP contribution is 2.27. The summed E-state index contributed by atoms with van der Waals surface area (Å²) in [6, 6.07) is 9.40. The number of guanidine groups is 2. The van der Waals surface area contributed by atoms with Crippen molar-refractivity contribution in [1.29, 1.82) is 0 Å². The van der Waals surface area contributed by atoms with Crippen LogP contribution in [-0.4, -0.2) is 114 Å². The highest BCUT2D eigenvalue weighted by molar-refractivity contribution is 7.12. The largest absolute Gasteiger partial charge is 0.444 e. The van der Waals surface area contributed by atoms with Gasteiger partial charge in [0.1, 0.15) is 22.4 Å². The van der Waals surface area contributed by atoms with Crippen molar-refractivity contribution in [3.8, 4) is 0 Å². The first-order valence-electron chi connectivity index (χ1n) is 19.8. The maximum absolute atomic E-state index is 13.3. The van der Waals surface area contributed by atoms with Gasteiger partial charge in [-0.15, -0.1) is 21.3 Å². The minimum Gasteiger partial charge on any atom is -0.444 e. The molecule has 4 rings (SSSR count). The minimum atomic E-state index is -0.828. The number of hydrogen-bond acceptors (Lipinski definition) is 11. The molecule has 2 aromatic rings. The average molecular weight is 853 g/mol. The van der Waals surface area contributed by atoms with E-state index in [-0.39, 0.29) is 17.8 Å². The molecular weight excluding hydrogens is 793 g/mol. The third-order valence-electron chi connectivity index (χ3n) is 8.18. The standard InChI is InChI=1S/C42H60N8O9S/c1-39(2,3)56-35(52)44-33(45-36(53)57-40(4,5)6)49-19-17-28(18-20-49)27-13-15-29(16-14-27)43-32(51)31-25-30(26-60-31)48-21-23-50(24-22-48)34(46-37(54)58-41(7,8)9)47-38(55)59-42(10,11)12/h13-17,25-26H,18-24H2,1-12H3,(H,43,51)(H,44,45,52,53)(H,46,47,54,55). The number of alkyl carbamates (subject to hydrolysis) is 2. The van der Waals surface area contributed by atoms with Crippen molar-refractivity contribution in [2.45, 2.75) is 112 Å². The van der Waals surface area contributed by atoms with E-state index in [1.54, 1.807) is 92.9 Å². The number of nitrogens with one attached hydrogen (secondary N) is 3. The second kappa shape index (κ2) is 19.2. The van der Waals surface area contributed by atoms with E-state index in [4.69, 9.17) is 18.9 Å². The van der Waals surface area contributed by atoms with Gasteiger partial charge >= 0.3 is 24.4 Å². The zero-order valence-corrected chi connectivity index (χ0v) is 37.6. The van der Waals surface area contributed by atoms with Crippen LogP contribution in [0.4, 0.5) is 30.6 Å². The highest BCUT2D eigenvalue weighted by atomic mass is 32.1. The van der Waals surface area contributed by atoms with Crippen molar-refractivity contribution in [2.24, 2.45) is 9.98 Å². The number of anilines is 2. The van der Waals surface area contributed by atoms with E-state index in [2.05, 4.69) is 30.8 Å². The van der Waals surface area contributed by atoms with Crippen molar-refractivity contribution in [2.75, 3.05) is 49.5 Å². The Balaban J connectivity index is 1.35. The molecule has 328 valence electrons. The second-order valence-corrected chi connectivity index (χ2v) is 19.1. The van der Waals surface area contributed by atoms with Crippen LogP contribution in [0.25, 0.3) is 5.57 Å². The fraction of sp³-hybridized carbons (Fsp3) is 0.548. The number of thiophene rings is 1. The molecular formula is C42H60N8O9S. The smallest absolute Gasteiger partial charge is 0.437 e. The Bertz CT molecular complexity index is 1970. The zero-order chi connectivity index (χ0) is 44.6. The molecule has 2 aliphatic rings. The number of rotatable bonds is 4. The molecule has 5 amide bonds. The van der Waals surface area contributed by atoms with Gasteiger partial charge in [-0.25, -0.2) is 19.2 Å². The van der Waals surface area contributed by atoms with E-state index in [1.807, 2.05) is 41.8 Å². The molecule has 0 spiro atoms. The molecule has 18 heteroatoms. The third-order valence-corrected chi connectivity index (χ3v) is 9.10. The first kappa shape index (κ1) is 47.0. The van der Waals surface area contributed by atoms with E-state index in [0.717, 1.165) is 16.8 Å². The van der Waals surface area contributed by atoms with Gasteiger partial charge in [-0.05, 0) is 119 Å². The van der Waals surface area contributed by atoms with Gasteiger partial charge in [0.25, 0.3) is 5.91 Å². The first-order valence-corrected chi connectivity index (χ1v) is 20.7. The third kappa shape index (κ3) is 15.8. The van der Waals surface area contributed by atoms with E-state index < -0.39 is 46.8 Å². The monoisotopic (exact) mass is 852 g/mol. The van der Waals surface area contributed by atoms with Gasteiger partial charge in [0.15, 0.2) is 0 Å². The van der Waals surface area contributed by atoms with Crippen molar-refractivity contribution < 1.29 is 42.9 Å². The summed E-state index contributed by atoms with van der Waals surface area (Å²) in [6.07, 6.45) is -0.530. The molecule has 1 fully saturated rings. The van der Waals surface area contributed by atoms with Crippen LogP contribution < -0.4 is 20.9 Å². The van der Waals surface area contributed by atoms with Crippen molar-refractivity contribution >= 4 is 70.5 Å². The van der Waals surface area contributed by atoms with Crippen molar-refractivity contribution in [3.63, 3.8) is 0 Å². The lowest BCUT2D eigenvalue weighted by Crippen LogP contribution is -2.54. The van der Waals surface area contributed by atoms with E-state index in [1.165, 1.54) is 11.3 Å². The minimum absolute atomic E-state index is 0.0392. The number of carbonyl (C=O) groups is 5. The van der Waals surface area contributed by atoms with E-state index in [0.29, 0.717) is 56.3 Å². The number of amides is 5. The lowest BCUT2D eigenvalue weighted by molar-refractivity contribution is 0.0536. The number of benzene rings is 1. The molecule has 3 heterocycles. The van der Waals surface area contributed by atoms with Crippen LogP contribution in [0.1, 0.15) is 105 Å². The van der Waals surface area contributed by atoms with E-state index in [9.17, 15) is 24.0 Å². The molecule has 60 heavy (non-hydrogen) atoms. The van der Waals surface area contributed by atoms with Gasteiger partial charge in [0.05, 0.1) is 4.88 Å². The molecule has 0 bridgehead atoms. The Labute approximate surface area is 356 Å². The van der Waals surface area contributed by atoms with Gasteiger partial charge in [0, 0.05) is 56.0 Å². The van der Waals surface area contributed by atoms with Crippen molar-refractivity contribution in [1.82, 2.24) is 20.4 Å². The number of nitrogens with zero attached hydrogens (tertiary/aromatic N) is 5. The average Bonchev–Trinajstić information content (AvgIpc) is 3.59. The van der Waals surface area contributed by atoms with Crippen LogP contribution in [0.2, 0.25) is 0 Å². The van der Waals surface area contributed by atoms with Crippen LogP contribution in [0.5, 0.6) is 0 Å². The Kier molecular flexibility index (Phi) is 15.0. The molecule has 0 unspecified atom stereocenters. The molecule has 1 aromatic carbocycles. The predicted molar refractivity (Wildman–Crippen MR) is 233 cm³/mol. The van der Waals surface area contributed by atoms with E-state index >= 15 is 0 Å². The molecule has 0 radical (unpaired) electrons. The van der Waals surface area contributed by atoms with Crippen LogP contribution in [0, 0.1) is 0 Å². The zero-order valence-electron chi connectivity index (χ0n) is 36.8. The van der Waals surface area contributed by atoms with Gasteiger partial charge in [0.2, 0.25) is 11.9 Å². The number of aliphatic imine (C=N–C) groups is 2. The summed E-state index contributed by atoms with van der Waals surface area (Å²) in [6.45, 7) is 23.6. The summed E-state index contributed by atoms with van der Waals surface area (Å²) in [4.78, 5) is 78.0. The second-order valence-electron chi connectivity index (χ2n) is 18.2. The molecule has 2 aliphatic heterocycles. The number of ether oxygens (including phenoxy) is 4. The summed E-state index contributed by atoms with van der Waals surface area (Å²) < 4.78 is 21.5. The first-order chi connectivity index (χ1) is 27.7. The highest BCUT2D eigenvalue weighted by Gasteiger charge is 2.28. The fourth-order valence-corrected chi connectivity index (χ4v) is 6.57. The van der Waals surface area contributed by atoms with Crippen LogP contribution in [0.15, 0.2) is 51.8 Å². The molecule has 0 aliphatic carbocycles. The Morgan fingerprint density at radius 1 is 0.633 bits per heavy atom. The number of hydrogen-bond donors (Lipinski definition) is 3. The van der Waals surface area contributed by atoms with Crippen molar-refractivity contribution in [3.05, 3.63) is 52.2 Å². The molecule has 1 saturated heterocycles. The molecule has 0 atom stereocenters. The summed E-state index contributed by atoms with van der Waals surface area (Å²) in [5.41, 5.74) is 0.523. The summed E-state index contributed by atoms with van der Waals surface area (Å²) in [5, 5.41) is 10.1. The number of carbonyl (C=O) groups excluding carboxylic acids is 5. The number of piperazine rings is 1. The lowest BCUT2D eigenvalue weighted by atomic mass is 9.99. The summed E-state index contributed by atoms with van der Waals surface area (Å²) in [5.74, 6) is -0.159. The van der Waals surface area contributed by atoms with Gasteiger partial charge in [-0.1, -0.05) is 18.2 Å². The van der Waals surface area contributed by atoms with Gasteiger partial charge in [-0.2, -0.15) is 0 Å². The van der Waals surface area contributed by atoms with Gasteiger partial charge < -0.3 is 39.0 Å². The summed E-state index contributed by atoms with van der Waals surface area (Å²) >= 11 is 1.33. The Morgan fingerprint density at radius 3 is 1.57 bits per heavy atom. The fourth-order valence-electron chi connectivity index (χ4n) is 5.76. The lowest BCUT2D eigenvalue weighted by Gasteiger charge is -2.37.